The molecule has 2 aliphatic rings. The van der Waals surface area contributed by atoms with Crippen molar-refractivity contribution in [3.05, 3.63) is 0 Å². The van der Waals surface area contributed by atoms with Crippen LogP contribution in [0.25, 0.3) is 0 Å². The van der Waals surface area contributed by atoms with Crippen molar-refractivity contribution in [1.82, 2.24) is 4.90 Å². The van der Waals surface area contributed by atoms with Crippen molar-refractivity contribution in [1.29, 1.82) is 0 Å². The van der Waals surface area contributed by atoms with Gasteiger partial charge in [0.05, 0.1) is 52.2 Å². The molecule has 7 nitrogen and oxygen atoms in total. The Morgan fingerprint density at radius 2 is 1.24 bits per heavy atom. The third-order valence-corrected chi connectivity index (χ3v) is 3.97. The number of nitrogens with zero attached hydrogens (tertiary/aromatic N) is 1. The Labute approximate surface area is 152 Å². The highest BCUT2D eigenvalue weighted by atomic mass is 16.7. The lowest BCUT2D eigenvalue weighted by atomic mass is 10.1. The lowest BCUT2D eigenvalue weighted by molar-refractivity contribution is -0.287. The first-order chi connectivity index (χ1) is 11.2. The van der Waals surface area contributed by atoms with Crippen molar-refractivity contribution in [2.75, 3.05) is 40.1 Å². The van der Waals surface area contributed by atoms with Crippen LogP contribution in [-0.4, -0.2) is 74.6 Å². The van der Waals surface area contributed by atoms with Gasteiger partial charge in [-0.3, -0.25) is 9.69 Å². The number of esters is 1. The van der Waals surface area contributed by atoms with Crippen LogP contribution in [0.5, 0.6) is 0 Å². The molecule has 2 aliphatic heterocycles. The van der Waals surface area contributed by atoms with Crippen LogP contribution in [0.2, 0.25) is 0 Å². The van der Waals surface area contributed by atoms with Gasteiger partial charge in [0.2, 0.25) is 0 Å². The van der Waals surface area contributed by atoms with Gasteiger partial charge in [-0.05, 0) is 27.7 Å². The smallest absolute Gasteiger partial charge is 0.319 e. The van der Waals surface area contributed by atoms with Crippen molar-refractivity contribution < 1.29 is 28.5 Å². The number of hydrogen-bond donors (Lipinski definition) is 0. The summed E-state index contributed by atoms with van der Waals surface area (Å²) in [6.45, 7) is 13.6. The van der Waals surface area contributed by atoms with E-state index in [0.29, 0.717) is 26.4 Å². The Bertz CT molecular complexity index is 351. The van der Waals surface area contributed by atoms with Crippen LogP contribution in [0.1, 0.15) is 49.0 Å². The second-order valence-corrected chi connectivity index (χ2v) is 6.60. The van der Waals surface area contributed by atoms with Crippen molar-refractivity contribution >= 4 is 5.97 Å². The zero-order chi connectivity index (χ0) is 18.4. The maximum Gasteiger partial charge on any atom is 0.319 e. The first-order valence-electron chi connectivity index (χ1n) is 8.61. The van der Waals surface area contributed by atoms with Gasteiger partial charge in [0.15, 0.2) is 11.6 Å². The van der Waals surface area contributed by atoms with Gasteiger partial charge in [-0.1, -0.05) is 21.3 Å². The molecule has 0 saturated carbocycles. The lowest BCUT2D eigenvalue weighted by Crippen LogP contribution is -2.59. The van der Waals surface area contributed by atoms with E-state index < -0.39 is 11.6 Å². The average molecular weight is 363 g/mol. The summed E-state index contributed by atoms with van der Waals surface area (Å²) < 4.78 is 27.6. The molecule has 0 aliphatic carbocycles. The van der Waals surface area contributed by atoms with Crippen LogP contribution >= 0.6 is 0 Å². The summed E-state index contributed by atoms with van der Waals surface area (Å²) >= 11 is 0. The average Bonchev–Trinajstić information content (AvgIpc) is 2.55. The van der Waals surface area contributed by atoms with Crippen LogP contribution in [0.15, 0.2) is 0 Å². The van der Waals surface area contributed by atoms with Crippen LogP contribution < -0.4 is 0 Å². The van der Waals surface area contributed by atoms with Gasteiger partial charge in [-0.15, -0.1) is 0 Å². The van der Waals surface area contributed by atoms with Crippen LogP contribution in [-0.2, 0) is 28.5 Å². The molecule has 2 heterocycles. The standard InChI is InChI=1S/C15H27NO6.C2H6.CH4/c1-14(2)19-7-11(8-20-14)16(6-13(17)18-5)12-9-21-15(3,4)22-10-12;1-2;/h11-12H,6-10H2,1-5H3;1-2H3;1H4. The molecule has 0 unspecified atom stereocenters. The highest BCUT2D eigenvalue weighted by molar-refractivity contribution is 5.71. The van der Waals surface area contributed by atoms with Gasteiger partial charge >= 0.3 is 5.97 Å². The number of carbonyl (C=O) groups is 1. The fourth-order valence-electron chi connectivity index (χ4n) is 2.52. The number of carbonyl (C=O) groups excluding carboxylic acids is 1. The van der Waals surface area contributed by atoms with Crippen LogP contribution in [0, 0.1) is 0 Å². The van der Waals surface area contributed by atoms with Crippen molar-refractivity contribution in [2.45, 2.75) is 72.6 Å². The van der Waals surface area contributed by atoms with Crippen LogP contribution in [0.3, 0.4) is 0 Å². The zero-order valence-corrected chi connectivity index (χ0v) is 16.1. The molecule has 0 amide bonds. The monoisotopic (exact) mass is 363 g/mol. The molecule has 2 fully saturated rings. The van der Waals surface area contributed by atoms with Crippen molar-refractivity contribution in [2.24, 2.45) is 0 Å². The van der Waals surface area contributed by atoms with Gasteiger partial charge in [0, 0.05) is 0 Å². The van der Waals surface area contributed by atoms with Crippen molar-refractivity contribution in [3.63, 3.8) is 0 Å². The zero-order valence-electron chi connectivity index (χ0n) is 16.1. The second kappa shape index (κ2) is 10.4. The van der Waals surface area contributed by atoms with Gasteiger partial charge in [0.25, 0.3) is 0 Å². The quantitative estimate of drug-likeness (QED) is 0.711. The Balaban J connectivity index is 0.00000185. The SMILES string of the molecule is C.CC.COC(=O)CN(C1COC(C)(C)OC1)C1COC(C)(C)OC1. The Kier molecular flexibility index (Phi) is 10.1. The largest absolute Gasteiger partial charge is 0.468 e. The molecule has 0 bridgehead atoms. The maximum absolute atomic E-state index is 11.7. The molecule has 7 heteroatoms. The van der Waals surface area contributed by atoms with Gasteiger partial charge in [-0.2, -0.15) is 0 Å². The fraction of sp³-hybridized carbons (Fsp3) is 0.944. The lowest BCUT2D eigenvalue weighted by Gasteiger charge is -2.45. The Hall–Kier alpha value is -0.730. The molecular formula is C18H37NO6. The number of methoxy groups -OCH3 is 1. The minimum atomic E-state index is -0.588. The Morgan fingerprint density at radius 3 is 1.52 bits per heavy atom. The van der Waals surface area contributed by atoms with E-state index in [1.165, 1.54) is 7.11 Å². The van der Waals surface area contributed by atoms with E-state index in [2.05, 4.69) is 0 Å². The van der Waals surface area contributed by atoms with Crippen molar-refractivity contribution in [3.8, 4) is 0 Å². The van der Waals surface area contributed by atoms with E-state index in [9.17, 15) is 4.79 Å². The Morgan fingerprint density at radius 1 is 0.920 bits per heavy atom. The summed E-state index contributed by atoms with van der Waals surface area (Å²) in [5.74, 6) is -1.47. The molecule has 0 aromatic rings. The third kappa shape index (κ3) is 7.58. The topological polar surface area (TPSA) is 66.5 Å². The first kappa shape index (κ1) is 24.3. The molecule has 25 heavy (non-hydrogen) atoms. The normalized spacial score (nSPS) is 23.2. The fourth-order valence-corrected chi connectivity index (χ4v) is 2.52. The summed E-state index contributed by atoms with van der Waals surface area (Å²) in [7, 11) is 1.38. The highest BCUT2D eigenvalue weighted by Crippen LogP contribution is 2.25. The predicted octanol–water partition coefficient (Wildman–Crippen LogP) is 2.43. The van der Waals surface area contributed by atoms with Gasteiger partial charge < -0.3 is 23.7 Å². The van der Waals surface area contributed by atoms with E-state index >= 15 is 0 Å². The molecule has 0 radical (unpaired) electrons. The predicted molar refractivity (Wildman–Crippen MR) is 96.3 cm³/mol. The molecule has 0 aromatic carbocycles. The third-order valence-electron chi connectivity index (χ3n) is 3.97. The van der Waals surface area contributed by atoms with E-state index in [1.807, 2.05) is 46.4 Å². The van der Waals surface area contributed by atoms with Gasteiger partial charge in [-0.25, -0.2) is 0 Å². The molecule has 0 N–H and O–H groups in total. The van der Waals surface area contributed by atoms with Gasteiger partial charge in [0.1, 0.15) is 0 Å². The van der Waals surface area contributed by atoms with E-state index in [0.717, 1.165) is 0 Å². The summed E-state index contributed by atoms with van der Waals surface area (Å²) in [6, 6.07) is -0.0731. The molecule has 150 valence electrons. The van der Waals surface area contributed by atoms with E-state index in [4.69, 9.17) is 23.7 Å². The molecule has 0 atom stereocenters. The summed E-state index contributed by atoms with van der Waals surface area (Å²) in [6.07, 6.45) is 0. The van der Waals surface area contributed by atoms with E-state index in [-0.39, 0.29) is 32.0 Å². The number of rotatable bonds is 4. The molecule has 0 spiro atoms. The van der Waals surface area contributed by atoms with Crippen LogP contribution in [0.4, 0.5) is 0 Å². The number of ether oxygens (including phenoxy) is 5. The second-order valence-electron chi connectivity index (χ2n) is 6.60. The van der Waals surface area contributed by atoms with E-state index in [1.54, 1.807) is 0 Å². The summed E-state index contributed by atoms with van der Waals surface area (Å²) in [5.41, 5.74) is 0. The first-order valence-corrected chi connectivity index (χ1v) is 8.61. The highest BCUT2D eigenvalue weighted by Gasteiger charge is 2.39. The molecule has 2 saturated heterocycles. The minimum Gasteiger partial charge on any atom is -0.468 e. The maximum atomic E-state index is 11.7. The molecule has 2 rings (SSSR count). The molecular weight excluding hydrogens is 326 g/mol. The molecule has 0 aromatic heterocycles. The summed E-state index contributed by atoms with van der Waals surface area (Å²) in [5, 5.41) is 0. The summed E-state index contributed by atoms with van der Waals surface area (Å²) in [4.78, 5) is 13.7. The minimum absolute atomic E-state index is 0. The number of hydrogen-bond acceptors (Lipinski definition) is 7.